The first-order valence-corrected chi connectivity index (χ1v) is 8.51. The lowest BCUT2D eigenvalue weighted by molar-refractivity contribution is -0.149. The van der Waals surface area contributed by atoms with Gasteiger partial charge in [0.05, 0.1) is 11.5 Å². The highest BCUT2D eigenvalue weighted by atomic mass is 35.5. The molecule has 1 aliphatic heterocycles. The molecule has 0 spiro atoms. The molecule has 3 rings (SSSR count). The number of hydrogen-bond acceptors (Lipinski definition) is 4. The summed E-state index contributed by atoms with van der Waals surface area (Å²) >= 11 is 0. The maximum Gasteiger partial charge on any atom is 0.311 e. The molecule has 3 atom stereocenters. The van der Waals surface area contributed by atoms with E-state index < -0.39 is 23.3 Å². The summed E-state index contributed by atoms with van der Waals surface area (Å²) in [6, 6.07) is 5.95. The van der Waals surface area contributed by atoms with Crippen LogP contribution in [0.2, 0.25) is 0 Å². The van der Waals surface area contributed by atoms with Crippen molar-refractivity contribution in [2.75, 3.05) is 18.4 Å². The van der Waals surface area contributed by atoms with E-state index in [1.54, 1.807) is 31.2 Å². The van der Waals surface area contributed by atoms with Crippen LogP contribution in [0.1, 0.15) is 36.5 Å². The minimum atomic E-state index is -0.743. The number of halogens is 1. The second kappa shape index (κ2) is 7.63. The summed E-state index contributed by atoms with van der Waals surface area (Å²) in [5.41, 5.74) is 5.45. The Morgan fingerprint density at radius 1 is 1.31 bits per heavy atom. The summed E-state index contributed by atoms with van der Waals surface area (Å²) < 4.78 is 0. The molecule has 1 aliphatic carbocycles. The molecule has 7 nitrogen and oxygen atoms in total. The number of amides is 2. The Balaban J connectivity index is 0.00000243. The number of carbonyl (C=O) groups excluding carboxylic acids is 2. The third kappa shape index (κ3) is 3.54. The van der Waals surface area contributed by atoms with Crippen LogP contribution >= 0.6 is 12.4 Å². The summed E-state index contributed by atoms with van der Waals surface area (Å²) in [6.07, 6.45) is 2.54. The van der Waals surface area contributed by atoms with Gasteiger partial charge in [-0.15, -0.1) is 12.4 Å². The first-order valence-electron chi connectivity index (χ1n) is 8.51. The molecule has 1 aromatic rings. The van der Waals surface area contributed by atoms with Gasteiger partial charge in [-0.2, -0.15) is 0 Å². The van der Waals surface area contributed by atoms with Gasteiger partial charge < -0.3 is 16.2 Å². The van der Waals surface area contributed by atoms with Crippen LogP contribution < -0.4 is 11.1 Å². The van der Waals surface area contributed by atoms with Crippen LogP contribution in [-0.2, 0) is 9.59 Å². The average Bonchev–Trinajstić information content (AvgIpc) is 3.12. The Morgan fingerprint density at radius 3 is 2.50 bits per heavy atom. The number of likely N-dealkylation sites (tertiary alicyclic amines) is 1. The number of fused-ring (bicyclic) bond motifs is 1. The molecule has 2 amide bonds. The predicted octanol–water partition coefficient (Wildman–Crippen LogP) is 1.72. The van der Waals surface area contributed by atoms with Crippen molar-refractivity contribution >= 4 is 35.9 Å². The normalized spacial score (nSPS) is 25.8. The fraction of sp³-hybridized carbons (Fsp3) is 0.500. The van der Waals surface area contributed by atoms with Crippen LogP contribution in [0.5, 0.6) is 0 Å². The third-order valence-electron chi connectivity index (χ3n) is 5.69. The Hall–Kier alpha value is -2.12. The van der Waals surface area contributed by atoms with E-state index in [1.165, 1.54) is 0 Å². The van der Waals surface area contributed by atoms with E-state index in [4.69, 9.17) is 5.73 Å². The number of anilines is 1. The van der Waals surface area contributed by atoms with Crippen LogP contribution in [0.3, 0.4) is 0 Å². The first-order chi connectivity index (χ1) is 11.8. The van der Waals surface area contributed by atoms with Gasteiger partial charge in [-0.25, -0.2) is 0 Å². The number of rotatable bonds is 5. The quantitative estimate of drug-likeness (QED) is 0.718. The van der Waals surface area contributed by atoms with E-state index in [1.807, 2.05) is 4.90 Å². The Labute approximate surface area is 158 Å². The number of carbonyl (C=O) groups is 3. The molecule has 1 saturated carbocycles. The molecule has 0 radical (unpaired) electrons. The number of nitrogens with zero attached hydrogens (tertiary/aromatic N) is 1. The Kier molecular flexibility index (Phi) is 5.93. The molecule has 0 aromatic heterocycles. The van der Waals surface area contributed by atoms with E-state index in [0.29, 0.717) is 30.8 Å². The van der Waals surface area contributed by atoms with E-state index >= 15 is 0 Å². The molecule has 2 aliphatic rings. The van der Waals surface area contributed by atoms with Crippen molar-refractivity contribution in [1.29, 1.82) is 0 Å². The van der Waals surface area contributed by atoms with Gasteiger partial charge in [0.15, 0.2) is 0 Å². The lowest BCUT2D eigenvalue weighted by Gasteiger charge is -2.26. The second-order valence-electron chi connectivity index (χ2n) is 7.09. The molecule has 1 unspecified atom stereocenters. The maximum atomic E-state index is 12.5. The largest absolute Gasteiger partial charge is 0.481 e. The zero-order valence-electron chi connectivity index (χ0n) is 14.6. The minimum absolute atomic E-state index is 0. The Morgan fingerprint density at radius 2 is 1.96 bits per heavy atom. The van der Waals surface area contributed by atoms with Crippen LogP contribution in [0, 0.1) is 11.3 Å². The van der Waals surface area contributed by atoms with Gasteiger partial charge in [0.1, 0.15) is 0 Å². The zero-order valence-corrected chi connectivity index (χ0v) is 15.4. The van der Waals surface area contributed by atoms with Crippen molar-refractivity contribution < 1.29 is 19.5 Å². The smallest absolute Gasteiger partial charge is 0.311 e. The van der Waals surface area contributed by atoms with Crippen LogP contribution in [0.4, 0.5) is 5.69 Å². The number of aliphatic carboxylic acids is 1. The molecule has 0 bridgehead atoms. The number of hydrogen-bond donors (Lipinski definition) is 3. The highest BCUT2D eigenvalue weighted by Gasteiger charge is 2.55. The summed E-state index contributed by atoms with van der Waals surface area (Å²) in [6.45, 7) is 2.85. The maximum absolute atomic E-state index is 12.5. The summed E-state index contributed by atoms with van der Waals surface area (Å²) in [5.74, 6) is -1.33. The molecule has 1 saturated heterocycles. The van der Waals surface area contributed by atoms with E-state index in [-0.39, 0.29) is 24.2 Å². The topological polar surface area (TPSA) is 113 Å². The third-order valence-corrected chi connectivity index (χ3v) is 5.69. The predicted molar refractivity (Wildman–Crippen MR) is 99.3 cm³/mol. The standard InChI is InChI=1S/C18H23N3O4.ClH/c1-11(16(23)20-14-6-4-12(5-7-14)15(19)22)21-9-13-3-2-8-18(13,10-21)17(24)25;/h4-7,11,13H,2-3,8-10H2,1H3,(H2,19,22)(H,20,23)(H,24,25);1H/t11?,13-,18+;/m0./s1. The van der Waals surface area contributed by atoms with Crippen molar-refractivity contribution in [3.05, 3.63) is 29.8 Å². The highest BCUT2D eigenvalue weighted by Crippen LogP contribution is 2.49. The molecular formula is C18H24ClN3O4. The summed E-state index contributed by atoms with van der Waals surface area (Å²) in [5, 5.41) is 12.5. The fourth-order valence-corrected chi connectivity index (χ4v) is 4.10. The molecule has 4 N–H and O–H groups in total. The van der Waals surface area contributed by atoms with Gasteiger partial charge in [0.25, 0.3) is 0 Å². The van der Waals surface area contributed by atoms with Crippen LogP contribution in [-0.4, -0.2) is 46.9 Å². The summed E-state index contributed by atoms with van der Waals surface area (Å²) in [7, 11) is 0. The number of carboxylic acids is 1. The summed E-state index contributed by atoms with van der Waals surface area (Å²) in [4.78, 5) is 37.3. The molecule has 1 heterocycles. The lowest BCUT2D eigenvalue weighted by atomic mass is 9.81. The molecule has 2 fully saturated rings. The average molecular weight is 382 g/mol. The second-order valence-corrected chi connectivity index (χ2v) is 7.09. The van der Waals surface area contributed by atoms with Gasteiger partial charge in [-0.3, -0.25) is 19.3 Å². The number of benzene rings is 1. The van der Waals surface area contributed by atoms with Crippen molar-refractivity contribution in [3.8, 4) is 0 Å². The molecular weight excluding hydrogens is 358 g/mol. The first kappa shape index (κ1) is 20.2. The number of primary amides is 1. The number of carboxylic acid groups (broad SMARTS) is 1. The molecule has 26 heavy (non-hydrogen) atoms. The van der Waals surface area contributed by atoms with Crippen molar-refractivity contribution in [2.45, 2.75) is 32.2 Å². The van der Waals surface area contributed by atoms with E-state index in [9.17, 15) is 19.5 Å². The molecule has 8 heteroatoms. The van der Waals surface area contributed by atoms with Gasteiger partial charge >= 0.3 is 5.97 Å². The number of nitrogens with two attached hydrogens (primary N) is 1. The molecule has 1 aromatic carbocycles. The monoisotopic (exact) mass is 381 g/mol. The van der Waals surface area contributed by atoms with Crippen LogP contribution in [0.15, 0.2) is 24.3 Å². The van der Waals surface area contributed by atoms with Gasteiger partial charge in [0, 0.05) is 24.3 Å². The zero-order chi connectivity index (χ0) is 18.2. The van der Waals surface area contributed by atoms with Gasteiger partial charge in [-0.05, 0) is 49.9 Å². The SMILES string of the molecule is CC(C(=O)Nc1ccc(C(N)=O)cc1)N1C[C@@H]2CCC[C@@]2(C(=O)O)C1.Cl. The minimum Gasteiger partial charge on any atom is -0.481 e. The van der Waals surface area contributed by atoms with Crippen molar-refractivity contribution in [3.63, 3.8) is 0 Å². The lowest BCUT2D eigenvalue weighted by Crippen LogP contribution is -2.43. The number of nitrogens with one attached hydrogen (secondary N) is 1. The van der Waals surface area contributed by atoms with Gasteiger partial charge in [-0.1, -0.05) is 6.42 Å². The van der Waals surface area contributed by atoms with Crippen molar-refractivity contribution in [2.24, 2.45) is 17.1 Å². The van der Waals surface area contributed by atoms with Crippen LogP contribution in [0.25, 0.3) is 0 Å². The van der Waals surface area contributed by atoms with Gasteiger partial charge in [0.2, 0.25) is 11.8 Å². The van der Waals surface area contributed by atoms with E-state index in [2.05, 4.69) is 5.32 Å². The highest BCUT2D eigenvalue weighted by molar-refractivity contribution is 5.96. The fourth-order valence-electron chi connectivity index (χ4n) is 4.10. The molecule has 142 valence electrons. The van der Waals surface area contributed by atoms with E-state index in [0.717, 1.165) is 12.8 Å². The Bertz CT molecular complexity index is 709. The van der Waals surface area contributed by atoms with Crippen molar-refractivity contribution in [1.82, 2.24) is 4.90 Å².